The zero-order valence-electron chi connectivity index (χ0n) is 16.8. The van der Waals surface area contributed by atoms with Gasteiger partial charge in [-0.25, -0.2) is 0 Å². The Morgan fingerprint density at radius 1 is 0.964 bits per heavy atom. The van der Waals surface area contributed by atoms with Crippen LogP contribution in [0.2, 0.25) is 0 Å². The van der Waals surface area contributed by atoms with Crippen molar-refractivity contribution in [2.24, 2.45) is 4.99 Å². The van der Waals surface area contributed by atoms with Gasteiger partial charge in [-0.2, -0.15) is 0 Å². The number of benzene rings is 2. The highest BCUT2D eigenvalue weighted by molar-refractivity contribution is 14.0. The Kier molecular flexibility index (Phi) is 9.73. The lowest BCUT2D eigenvalue weighted by atomic mass is 10.1. The van der Waals surface area contributed by atoms with Gasteiger partial charge in [0.15, 0.2) is 5.96 Å². The van der Waals surface area contributed by atoms with E-state index in [1.54, 1.807) is 7.05 Å². The van der Waals surface area contributed by atoms with Crippen LogP contribution in [0.4, 0.5) is 0 Å². The highest BCUT2D eigenvalue weighted by atomic mass is 127. The Balaban J connectivity index is 0.00000280. The molecular weight excluding hydrogens is 463 g/mol. The summed E-state index contributed by atoms with van der Waals surface area (Å²) < 4.78 is 5.43. The number of nitrogens with one attached hydrogen (secondary N) is 2. The molecule has 0 amide bonds. The van der Waals surface area contributed by atoms with E-state index in [0.717, 1.165) is 51.9 Å². The molecule has 1 aliphatic rings. The van der Waals surface area contributed by atoms with Gasteiger partial charge in [-0.3, -0.25) is 9.89 Å². The number of guanidine groups is 1. The fourth-order valence-corrected chi connectivity index (χ4v) is 3.15. The third-order valence-corrected chi connectivity index (χ3v) is 4.77. The molecular formula is C22H31IN4O. The highest BCUT2D eigenvalue weighted by Crippen LogP contribution is 2.10. The summed E-state index contributed by atoms with van der Waals surface area (Å²) in [6.07, 6.45) is 0. The first-order valence-electron chi connectivity index (χ1n) is 9.61. The second-order valence-corrected chi connectivity index (χ2v) is 6.97. The van der Waals surface area contributed by atoms with E-state index in [1.165, 1.54) is 22.3 Å². The van der Waals surface area contributed by atoms with Crippen LogP contribution in [0.1, 0.15) is 22.3 Å². The monoisotopic (exact) mass is 494 g/mol. The molecule has 3 rings (SSSR count). The minimum atomic E-state index is 0. The lowest BCUT2D eigenvalue weighted by Gasteiger charge is -2.26. The summed E-state index contributed by atoms with van der Waals surface area (Å²) >= 11 is 0. The number of rotatable bonds is 6. The van der Waals surface area contributed by atoms with Crippen molar-refractivity contribution >= 4 is 29.9 Å². The van der Waals surface area contributed by atoms with Crippen LogP contribution in [-0.4, -0.2) is 44.2 Å². The number of halogens is 1. The molecule has 0 atom stereocenters. The van der Waals surface area contributed by atoms with E-state index < -0.39 is 0 Å². The van der Waals surface area contributed by atoms with Gasteiger partial charge in [-0.05, 0) is 23.6 Å². The molecule has 0 saturated carbocycles. The van der Waals surface area contributed by atoms with Gasteiger partial charge in [0, 0.05) is 39.8 Å². The fourth-order valence-electron chi connectivity index (χ4n) is 3.15. The molecule has 5 nitrogen and oxygen atoms in total. The summed E-state index contributed by atoms with van der Waals surface area (Å²) in [5, 5.41) is 6.78. The van der Waals surface area contributed by atoms with Crippen LogP contribution in [0, 0.1) is 6.92 Å². The molecule has 2 aromatic rings. The van der Waals surface area contributed by atoms with Crippen LogP contribution in [0.3, 0.4) is 0 Å². The van der Waals surface area contributed by atoms with Gasteiger partial charge in [0.25, 0.3) is 0 Å². The van der Waals surface area contributed by atoms with Crippen molar-refractivity contribution in [2.75, 3.05) is 33.4 Å². The Labute approximate surface area is 185 Å². The van der Waals surface area contributed by atoms with E-state index in [0.29, 0.717) is 0 Å². The van der Waals surface area contributed by atoms with E-state index in [2.05, 4.69) is 76.0 Å². The molecule has 0 unspecified atom stereocenters. The Hall–Kier alpha value is -1.64. The SMILES string of the molecule is CN=C(NCc1ccc(C)cc1)NCc1cccc(CN2CCOCC2)c1.I. The number of ether oxygens (including phenoxy) is 1. The van der Waals surface area contributed by atoms with E-state index in [-0.39, 0.29) is 24.0 Å². The third-order valence-electron chi connectivity index (χ3n) is 4.77. The maximum atomic E-state index is 5.43. The van der Waals surface area contributed by atoms with E-state index in [4.69, 9.17) is 4.74 Å². The van der Waals surface area contributed by atoms with Gasteiger partial charge in [-0.1, -0.05) is 54.1 Å². The molecule has 28 heavy (non-hydrogen) atoms. The highest BCUT2D eigenvalue weighted by Gasteiger charge is 2.10. The lowest BCUT2D eigenvalue weighted by Crippen LogP contribution is -2.36. The fraction of sp³-hybridized carbons (Fsp3) is 0.409. The van der Waals surface area contributed by atoms with Crippen LogP contribution >= 0.6 is 24.0 Å². The van der Waals surface area contributed by atoms with Crippen molar-refractivity contribution in [2.45, 2.75) is 26.6 Å². The Morgan fingerprint density at radius 2 is 1.61 bits per heavy atom. The van der Waals surface area contributed by atoms with Crippen molar-refractivity contribution in [1.82, 2.24) is 15.5 Å². The lowest BCUT2D eigenvalue weighted by molar-refractivity contribution is 0.0342. The average Bonchev–Trinajstić information content (AvgIpc) is 2.70. The third kappa shape index (κ3) is 7.41. The van der Waals surface area contributed by atoms with Crippen molar-refractivity contribution in [3.8, 4) is 0 Å². The van der Waals surface area contributed by atoms with Gasteiger partial charge in [0.1, 0.15) is 0 Å². The topological polar surface area (TPSA) is 48.9 Å². The summed E-state index contributed by atoms with van der Waals surface area (Å²) in [7, 11) is 1.80. The number of nitrogens with zero attached hydrogens (tertiary/aromatic N) is 2. The predicted molar refractivity (Wildman–Crippen MR) is 126 cm³/mol. The van der Waals surface area contributed by atoms with Crippen LogP contribution in [-0.2, 0) is 24.4 Å². The average molecular weight is 494 g/mol. The molecule has 1 fully saturated rings. The molecule has 0 aliphatic carbocycles. The molecule has 1 saturated heterocycles. The van der Waals surface area contributed by atoms with E-state index in [9.17, 15) is 0 Å². The summed E-state index contributed by atoms with van der Waals surface area (Å²) in [4.78, 5) is 6.77. The smallest absolute Gasteiger partial charge is 0.191 e. The van der Waals surface area contributed by atoms with E-state index >= 15 is 0 Å². The quantitative estimate of drug-likeness (QED) is 0.368. The first-order valence-corrected chi connectivity index (χ1v) is 9.61. The Bertz CT molecular complexity index is 742. The largest absolute Gasteiger partial charge is 0.379 e. The second kappa shape index (κ2) is 12.0. The van der Waals surface area contributed by atoms with Crippen molar-refractivity contribution < 1.29 is 4.74 Å². The number of hydrogen-bond acceptors (Lipinski definition) is 3. The summed E-state index contributed by atoms with van der Waals surface area (Å²) in [5.41, 5.74) is 5.13. The predicted octanol–water partition coefficient (Wildman–Crippen LogP) is 3.31. The zero-order valence-corrected chi connectivity index (χ0v) is 19.1. The minimum absolute atomic E-state index is 0. The molecule has 1 aliphatic heterocycles. The standard InChI is InChI=1S/C22H30N4O.HI/c1-18-6-8-19(9-7-18)15-24-22(23-2)25-16-20-4-3-5-21(14-20)17-26-10-12-27-13-11-26;/h3-9,14H,10-13,15-17H2,1-2H3,(H2,23,24,25);1H. The van der Waals surface area contributed by atoms with Crippen molar-refractivity contribution in [3.05, 3.63) is 70.8 Å². The van der Waals surface area contributed by atoms with Gasteiger partial charge in [-0.15, -0.1) is 24.0 Å². The van der Waals surface area contributed by atoms with Gasteiger partial charge < -0.3 is 15.4 Å². The normalized spacial score (nSPS) is 15.0. The van der Waals surface area contributed by atoms with Gasteiger partial charge in [0.2, 0.25) is 0 Å². The molecule has 152 valence electrons. The minimum Gasteiger partial charge on any atom is -0.379 e. The first kappa shape index (κ1) is 22.6. The van der Waals surface area contributed by atoms with Crippen LogP contribution in [0.15, 0.2) is 53.5 Å². The molecule has 6 heteroatoms. The molecule has 2 aromatic carbocycles. The van der Waals surface area contributed by atoms with Crippen molar-refractivity contribution in [1.29, 1.82) is 0 Å². The summed E-state index contributed by atoms with van der Waals surface area (Å²) in [6, 6.07) is 17.3. The van der Waals surface area contributed by atoms with Crippen LogP contribution < -0.4 is 10.6 Å². The molecule has 0 radical (unpaired) electrons. The van der Waals surface area contributed by atoms with E-state index in [1.807, 2.05) is 0 Å². The summed E-state index contributed by atoms with van der Waals surface area (Å²) in [5.74, 6) is 0.814. The molecule has 0 spiro atoms. The Morgan fingerprint density at radius 3 is 2.29 bits per heavy atom. The molecule has 2 N–H and O–H groups in total. The van der Waals surface area contributed by atoms with Crippen LogP contribution in [0.5, 0.6) is 0 Å². The zero-order chi connectivity index (χ0) is 18.9. The number of aryl methyl sites for hydroxylation is 1. The number of hydrogen-bond donors (Lipinski definition) is 2. The van der Waals surface area contributed by atoms with Gasteiger partial charge in [0.05, 0.1) is 13.2 Å². The second-order valence-electron chi connectivity index (χ2n) is 6.97. The molecule has 1 heterocycles. The van der Waals surface area contributed by atoms with Gasteiger partial charge >= 0.3 is 0 Å². The first-order chi connectivity index (χ1) is 13.2. The number of aliphatic imine (C=N–C) groups is 1. The van der Waals surface area contributed by atoms with Crippen molar-refractivity contribution in [3.63, 3.8) is 0 Å². The maximum absolute atomic E-state index is 5.43. The number of morpholine rings is 1. The maximum Gasteiger partial charge on any atom is 0.191 e. The summed E-state index contributed by atoms with van der Waals surface area (Å²) in [6.45, 7) is 8.30. The van der Waals surface area contributed by atoms with Crippen LogP contribution in [0.25, 0.3) is 0 Å². The molecule has 0 aromatic heterocycles. The molecule has 0 bridgehead atoms.